The Morgan fingerprint density at radius 1 is 1.31 bits per heavy atom. The van der Waals surface area contributed by atoms with Crippen molar-refractivity contribution in [3.63, 3.8) is 0 Å². The van der Waals surface area contributed by atoms with Gasteiger partial charge in [-0.25, -0.2) is 4.68 Å². The van der Waals surface area contributed by atoms with Crippen LogP contribution >= 0.6 is 0 Å². The number of primary amides is 1. The fourth-order valence-corrected chi connectivity index (χ4v) is 2.30. The smallest absolute Gasteiger partial charge is 0.289 e. The van der Waals surface area contributed by atoms with E-state index < -0.39 is 11.8 Å². The van der Waals surface area contributed by atoms with E-state index in [0.717, 1.165) is 0 Å². The summed E-state index contributed by atoms with van der Waals surface area (Å²) in [5.74, 6) is -0.466. The van der Waals surface area contributed by atoms with E-state index in [0.29, 0.717) is 28.5 Å². The molecule has 8 nitrogen and oxygen atoms in total. The maximum atomic E-state index is 12.5. The molecule has 134 valence electrons. The van der Waals surface area contributed by atoms with Crippen molar-refractivity contribution in [1.29, 1.82) is 5.26 Å². The van der Waals surface area contributed by atoms with Crippen LogP contribution in [0.3, 0.4) is 0 Å². The molecule has 0 unspecified atom stereocenters. The number of aromatic nitrogens is 2. The van der Waals surface area contributed by atoms with Crippen molar-refractivity contribution in [1.82, 2.24) is 9.78 Å². The number of benzene rings is 1. The molecule has 0 aliphatic carbocycles. The first-order chi connectivity index (χ1) is 12.3. The predicted molar refractivity (Wildman–Crippen MR) is 93.6 cm³/mol. The summed E-state index contributed by atoms with van der Waals surface area (Å²) in [7, 11) is 1.44. The molecule has 2 rings (SSSR count). The summed E-state index contributed by atoms with van der Waals surface area (Å²) in [6.07, 6.45) is 1.43. The number of hydrogen-bond donors (Lipinski definition) is 1. The molecular weight excluding hydrogens is 336 g/mol. The monoisotopic (exact) mass is 354 g/mol. The van der Waals surface area contributed by atoms with Gasteiger partial charge in [-0.05, 0) is 43.7 Å². The summed E-state index contributed by atoms with van der Waals surface area (Å²) in [4.78, 5) is 23.3. The number of allylic oxidation sites excluding steroid dienone is 1. The first-order valence-corrected chi connectivity index (χ1v) is 7.64. The SMILES string of the molecule is COc1cc(/C=C(\C#N)C(=O)n2nc(C)cc2C)ccc1OCC(N)=O. The molecule has 1 aromatic heterocycles. The van der Waals surface area contributed by atoms with Gasteiger partial charge in [-0.3, -0.25) is 9.59 Å². The fourth-order valence-electron chi connectivity index (χ4n) is 2.30. The van der Waals surface area contributed by atoms with Crippen molar-refractivity contribution in [2.45, 2.75) is 13.8 Å². The number of nitrogens with zero attached hydrogens (tertiary/aromatic N) is 3. The lowest BCUT2D eigenvalue weighted by Gasteiger charge is -2.10. The number of ether oxygens (including phenoxy) is 2. The highest BCUT2D eigenvalue weighted by Crippen LogP contribution is 2.29. The van der Waals surface area contributed by atoms with Gasteiger partial charge in [0.25, 0.3) is 11.8 Å². The predicted octanol–water partition coefficient (Wildman–Crippen LogP) is 1.62. The molecule has 0 saturated heterocycles. The van der Waals surface area contributed by atoms with Gasteiger partial charge in [-0.1, -0.05) is 6.07 Å². The molecule has 0 aliphatic rings. The van der Waals surface area contributed by atoms with Crippen molar-refractivity contribution < 1.29 is 19.1 Å². The number of amides is 1. The van der Waals surface area contributed by atoms with Gasteiger partial charge in [-0.15, -0.1) is 0 Å². The van der Waals surface area contributed by atoms with Gasteiger partial charge in [0.05, 0.1) is 12.8 Å². The Balaban J connectivity index is 2.34. The van der Waals surface area contributed by atoms with Crippen LogP contribution in [0.2, 0.25) is 0 Å². The third-order valence-corrected chi connectivity index (χ3v) is 3.42. The normalized spacial score (nSPS) is 10.9. The molecular formula is C18H18N4O4. The maximum absolute atomic E-state index is 12.5. The number of nitriles is 1. The summed E-state index contributed by atoms with van der Waals surface area (Å²) in [6.45, 7) is 3.22. The Bertz CT molecular complexity index is 922. The first kappa shape index (κ1) is 18.7. The first-order valence-electron chi connectivity index (χ1n) is 7.64. The van der Waals surface area contributed by atoms with Crippen LogP contribution in [0, 0.1) is 25.2 Å². The van der Waals surface area contributed by atoms with Crippen LogP contribution in [0.25, 0.3) is 6.08 Å². The van der Waals surface area contributed by atoms with Crippen molar-refractivity contribution in [3.8, 4) is 17.6 Å². The zero-order valence-electron chi connectivity index (χ0n) is 14.6. The number of aryl methyl sites for hydroxylation is 2. The van der Waals surface area contributed by atoms with Crippen LogP contribution in [-0.2, 0) is 4.79 Å². The number of carbonyl (C=O) groups excluding carboxylic acids is 2. The highest BCUT2D eigenvalue weighted by atomic mass is 16.5. The van der Waals surface area contributed by atoms with Crippen LogP contribution in [0.1, 0.15) is 21.7 Å². The van der Waals surface area contributed by atoms with Crippen molar-refractivity contribution >= 4 is 17.9 Å². The van der Waals surface area contributed by atoms with Gasteiger partial charge in [-0.2, -0.15) is 10.4 Å². The average Bonchev–Trinajstić information content (AvgIpc) is 2.95. The highest BCUT2D eigenvalue weighted by molar-refractivity contribution is 6.03. The molecule has 26 heavy (non-hydrogen) atoms. The van der Waals surface area contributed by atoms with E-state index in [4.69, 9.17) is 15.2 Å². The molecule has 1 heterocycles. The van der Waals surface area contributed by atoms with E-state index in [9.17, 15) is 14.9 Å². The third-order valence-electron chi connectivity index (χ3n) is 3.42. The van der Waals surface area contributed by atoms with Gasteiger partial charge in [0.2, 0.25) is 0 Å². The molecule has 1 aromatic carbocycles. The quantitative estimate of drug-likeness (QED) is 0.621. The van der Waals surface area contributed by atoms with Crippen LogP contribution in [0.5, 0.6) is 11.5 Å². The standard InChI is InChI=1S/C18H18N4O4/c1-11-6-12(2)22(21-11)18(24)14(9-19)7-13-4-5-15(16(8-13)25-3)26-10-17(20)23/h4-8H,10H2,1-3H3,(H2,20,23)/b14-7+. The van der Waals surface area contributed by atoms with E-state index in [1.807, 2.05) is 6.07 Å². The van der Waals surface area contributed by atoms with E-state index in [1.54, 1.807) is 38.1 Å². The number of methoxy groups -OCH3 is 1. The lowest BCUT2D eigenvalue weighted by Crippen LogP contribution is -2.20. The minimum atomic E-state index is -0.613. The molecule has 8 heteroatoms. The molecule has 0 fully saturated rings. The minimum Gasteiger partial charge on any atom is -0.493 e. The molecule has 0 atom stereocenters. The zero-order chi connectivity index (χ0) is 19.3. The largest absolute Gasteiger partial charge is 0.493 e. The van der Waals surface area contributed by atoms with E-state index in [1.165, 1.54) is 17.9 Å². The second kappa shape index (κ2) is 7.98. The van der Waals surface area contributed by atoms with E-state index in [2.05, 4.69) is 5.10 Å². The summed E-state index contributed by atoms with van der Waals surface area (Å²) >= 11 is 0. The summed E-state index contributed by atoms with van der Waals surface area (Å²) in [5.41, 5.74) is 6.85. The topological polar surface area (TPSA) is 120 Å². The Kier molecular flexibility index (Phi) is 5.75. The van der Waals surface area contributed by atoms with Gasteiger partial charge in [0.1, 0.15) is 11.6 Å². The average molecular weight is 354 g/mol. The molecule has 0 saturated carbocycles. The fraction of sp³-hybridized carbons (Fsp3) is 0.222. The Morgan fingerprint density at radius 2 is 2.04 bits per heavy atom. The summed E-state index contributed by atoms with van der Waals surface area (Å²) in [5, 5.41) is 13.5. The molecule has 0 aliphatic heterocycles. The molecule has 1 amide bonds. The summed E-state index contributed by atoms with van der Waals surface area (Å²) in [6, 6.07) is 8.43. The van der Waals surface area contributed by atoms with E-state index in [-0.39, 0.29) is 12.2 Å². The van der Waals surface area contributed by atoms with Gasteiger partial charge in [0.15, 0.2) is 18.1 Å². The number of hydrogen-bond acceptors (Lipinski definition) is 6. The van der Waals surface area contributed by atoms with Crippen LogP contribution < -0.4 is 15.2 Å². The highest BCUT2D eigenvalue weighted by Gasteiger charge is 2.16. The summed E-state index contributed by atoms with van der Waals surface area (Å²) < 4.78 is 11.6. The Morgan fingerprint density at radius 3 is 2.58 bits per heavy atom. The lowest BCUT2D eigenvalue weighted by atomic mass is 10.1. The molecule has 0 spiro atoms. The second-order valence-corrected chi connectivity index (χ2v) is 5.48. The number of carbonyl (C=O) groups is 2. The van der Waals surface area contributed by atoms with Crippen LogP contribution in [0.4, 0.5) is 0 Å². The number of rotatable bonds is 6. The zero-order valence-corrected chi connectivity index (χ0v) is 14.6. The minimum absolute atomic E-state index is 0.0796. The van der Waals surface area contributed by atoms with Crippen LogP contribution in [-0.4, -0.2) is 35.3 Å². The van der Waals surface area contributed by atoms with Crippen molar-refractivity contribution in [3.05, 3.63) is 46.8 Å². The maximum Gasteiger partial charge on any atom is 0.289 e. The van der Waals surface area contributed by atoms with E-state index >= 15 is 0 Å². The van der Waals surface area contributed by atoms with Crippen molar-refractivity contribution in [2.75, 3.05) is 13.7 Å². The third kappa shape index (κ3) is 4.27. The Labute approximate surface area is 150 Å². The molecule has 2 N–H and O–H groups in total. The molecule has 0 radical (unpaired) electrons. The molecule has 2 aromatic rings. The lowest BCUT2D eigenvalue weighted by molar-refractivity contribution is -0.119. The van der Waals surface area contributed by atoms with Gasteiger partial charge >= 0.3 is 0 Å². The van der Waals surface area contributed by atoms with Gasteiger partial charge < -0.3 is 15.2 Å². The van der Waals surface area contributed by atoms with Crippen LogP contribution in [0.15, 0.2) is 29.8 Å². The number of nitrogens with two attached hydrogens (primary N) is 1. The van der Waals surface area contributed by atoms with Crippen molar-refractivity contribution in [2.24, 2.45) is 5.73 Å². The van der Waals surface area contributed by atoms with Gasteiger partial charge in [0, 0.05) is 5.69 Å². The molecule has 0 bridgehead atoms. The second-order valence-electron chi connectivity index (χ2n) is 5.48. The Hall–Kier alpha value is -3.60.